The van der Waals surface area contributed by atoms with E-state index in [9.17, 15) is 13.5 Å². The molecule has 0 heterocycles. The summed E-state index contributed by atoms with van der Waals surface area (Å²) in [6, 6.07) is 8.30. The fourth-order valence-corrected chi connectivity index (χ4v) is 4.28. The van der Waals surface area contributed by atoms with E-state index in [1.165, 1.54) is 36.4 Å². The van der Waals surface area contributed by atoms with Gasteiger partial charge < -0.3 is 19.7 Å². The van der Waals surface area contributed by atoms with Gasteiger partial charge in [0, 0.05) is 0 Å². The first-order valence-corrected chi connectivity index (χ1v) is 10.9. The van der Waals surface area contributed by atoms with Crippen molar-refractivity contribution in [1.29, 1.82) is 0 Å². The lowest BCUT2D eigenvalue weighted by Crippen LogP contribution is -2.21. The molecule has 0 radical (unpaired) electrons. The van der Waals surface area contributed by atoms with Gasteiger partial charge in [-0.3, -0.25) is 0 Å². The van der Waals surface area contributed by atoms with E-state index in [2.05, 4.69) is 0 Å². The predicted molar refractivity (Wildman–Crippen MR) is 107 cm³/mol. The number of aliphatic hydroxyl groups is 2. The Hall–Kier alpha value is -1.51. The second-order valence-corrected chi connectivity index (χ2v) is 8.80. The van der Waals surface area contributed by atoms with Gasteiger partial charge in [-0.05, 0) is 42.8 Å². The number of halogens is 2. The number of ether oxygens (including phenoxy) is 2. The van der Waals surface area contributed by atoms with Crippen LogP contribution in [0.5, 0.6) is 11.5 Å². The summed E-state index contributed by atoms with van der Waals surface area (Å²) in [4.78, 5) is -0.0101. The van der Waals surface area contributed by atoms with Crippen LogP contribution in [0, 0.1) is 0 Å². The van der Waals surface area contributed by atoms with Crippen molar-refractivity contribution >= 4 is 33.0 Å². The molecular formula is C19H22Cl2O6S. The van der Waals surface area contributed by atoms with Crippen molar-refractivity contribution in [3.05, 3.63) is 46.4 Å². The largest absolute Gasteiger partial charge is 0.491 e. The minimum atomic E-state index is -3.85. The predicted octanol–water partition coefficient (Wildman–Crippen LogP) is 3.74. The molecule has 6 nitrogen and oxygen atoms in total. The SMILES string of the molecule is CCCCOc1c(Cl)cc(S(=O)(=O)c2ccc(OC[C@H](O)CO)cc2)cc1Cl. The van der Waals surface area contributed by atoms with E-state index < -0.39 is 22.5 Å². The van der Waals surface area contributed by atoms with Crippen LogP contribution in [0.3, 0.4) is 0 Å². The number of hydrogen-bond acceptors (Lipinski definition) is 6. The minimum Gasteiger partial charge on any atom is -0.491 e. The average molecular weight is 449 g/mol. The molecule has 28 heavy (non-hydrogen) atoms. The van der Waals surface area contributed by atoms with E-state index >= 15 is 0 Å². The van der Waals surface area contributed by atoms with Crippen molar-refractivity contribution in [2.75, 3.05) is 19.8 Å². The molecule has 0 amide bonds. The zero-order chi connectivity index (χ0) is 20.7. The first-order valence-electron chi connectivity index (χ1n) is 8.68. The highest BCUT2D eigenvalue weighted by atomic mass is 35.5. The molecule has 0 aliphatic heterocycles. The van der Waals surface area contributed by atoms with Gasteiger partial charge in [0.1, 0.15) is 18.5 Å². The zero-order valence-corrected chi connectivity index (χ0v) is 17.6. The Balaban J connectivity index is 2.22. The van der Waals surface area contributed by atoms with Crippen LogP contribution < -0.4 is 9.47 Å². The molecule has 0 saturated heterocycles. The number of rotatable bonds is 10. The summed E-state index contributed by atoms with van der Waals surface area (Å²) in [6.45, 7) is 1.93. The first-order chi connectivity index (χ1) is 13.3. The molecule has 0 spiro atoms. The smallest absolute Gasteiger partial charge is 0.206 e. The van der Waals surface area contributed by atoms with Gasteiger partial charge in [0.15, 0.2) is 5.75 Å². The highest BCUT2D eigenvalue weighted by Gasteiger charge is 2.21. The summed E-state index contributed by atoms with van der Waals surface area (Å²) in [5, 5.41) is 18.3. The molecule has 0 unspecified atom stereocenters. The summed E-state index contributed by atoms with van der Waals surface area (Å²) >= 11 is 12.4. The lowest BCUT2D eigenvalue weighted by atomic mass is 10.3. The van der Waals surface area contributed by atoms with Crippen LogP contribution in [0.1, 0.15) is 19.8 Å². The fourth-order valence-electron chi connectivity index (χ4n) is 2.24. The molecule has 0 aliphatic carbocycles. The third-order valence-electron chi connectivity index (χ3n) is 3.81. The van der Waals surface area contributed by atoms with Crippen LogP contribution in [0.15, 0.2) is 46.2 Å². The van der Waals surface area contributed by atoms with Crippen LogP contribution in [0.25, 0.3) is 0 Å². The Labute approximate surface area is 174 Å². The second kappa shape index (κ2) is 10.3. The summed E-state index contributed by atoms with van der Waals surface area (Å²) in [5.41, 5.74) is 0. The van der Waals surface area contributed by atoms with Crippen molar-refractivity contribution in [2.24, 2.45) is 0 Å². The molecule has 2 rings (SSSR count). The van der Waals surface area contributed by atoms with Crippen LogP contribution in [0.2, 0.25) is 10.0 Å². The monoisotopic (exact) mass is 448 g/mol. The van der Waals surface area contributed by atoms with E-state index in [1.807, 2.05) is 6.92 Å². The number of aliphatic hydroxyl groups excluding tert-OH is 2. The van der Waals surface area contributed by atoms with Gasteiger partial charge in [-0.15, -0.1) is 0 Å². The molecule has 2 N–H and O–H groups in total. The lowest BCUT2D eigenvalue weighted by Gasteiger charge is -2.13. The van der Waals surface area contributed by atoms with E-state index in [0.29, 0.717) is 12.4 Å². The maximum absolute atomic E-state index is 12.9. The van der Waals surface area contributed by atoms with E-state index in [-0.39, 0.29) is 32.2 Å². The van der Waals surface area contributed by atoms with E-state index in [1.54, 1.807) is 0 Å². The Morgan fingerprint density at radius 1 is 1.04 bits per heavy atom. The van der Waals surface area contributed by atoms with Crippen LogP contribution >= 0.6 is 23.2 Å². The average Bonchev–Trinajstić information content (AvgIpc) is 2.68. The molecule has 9 heteroatoms. The number of unbranched alkanes of at least 4 members (excludes halogenated alkanes) is 1. The Bertz CT molecular complexity index is 861. The van der Waals surface area contributed by atoms with Gasteiger partial charge in [-0.1, -0.05) is 36.5 Å². The maximum Gasteiger partial charge on any atom is 0.206 e. The third-order valence-corrected chi connectivity index (χ3v) is 6.12. The fraction of sp³-hybridized carbons (Fsp3) is 0.368. The standard InChI is InChI=1S/C19H22Cl2O6S/c1-2-3-8-26-19-17(20)9-16(10-18(19)21)28(24,25)15-6-4-14(5-7-15)27-12-13(23)11-22/h4-7,9-10,13,22-23H,2-3,8,11-12H2,1H3/t13-/m1/s1. The van der Waals surface area contributed by atoms with Gasteiger partial charge in [0.2, 0.25) is 9.84 Å². The van der Waals surface area contributed by atoms with E-state index in [4.69, 9.17) is 37.8 Å². The van der Waals surface area contributed by atoms with Gasteiger partial charge in [0.25, 0.3) is 0 Å². The summed E-state index contributed by atoms with van der Waals surface area (Å²) in [5.74, 6) is 0.629. The molecular weight excluding hydrogens is 427 g/mol. The molecule has 0 aliphatic rings. The highest BCUT2D eigenvalue weighted by Crippen LogP contribution is 2.37. The van der Waals surface area contributed by atoms with Gasteiger partial charge in [-0.25, -0.2) is 8.42 Å². The highest BCUT2D eigenvalue weighted by molar-refractivity contribution is 7.91. The van der Waals surface area contributed by atoms with Crippen LogP contribution in [-0.2, 0) is 9.84 Å². The molecule has 0 fully saturated rings. The van der Waals surface area contributed by atoms with E-state index in [0.717, 1.165) is 12.8 Å². The zero-order valence-electron chi connectivity index (χ0n) is 15.3. The summed E-state index contributed by atoms with van der Waals surface area (Å²) in [7, 11) is -3.85. The number of sulfone groups is 1. The number of hydrogen-bond donors (Lipinski definition) is 2. The van der Waals surface area contributed by atoms with Gasteiger partial charge in [-0.2, -0.15) is 0 Å². The molecule has 2 aromatic rings. The third kappa shape index (κ3) is 5.75. The van der Waals surface area contributed by atoms with Crippen molar-refractivity contribution in [2.45, 2.75) is 35.7 Å². The second-order valence-electron chi connectivity index (χ2n) is 6.04. The topological polar surface area (TPSA) is 93.1 Å². The molecule has 0 saturated carbocycles. The Morgan fingerprint density at radius 2 is 1.64 bits per heavy atom. The quantitative estimate of drug-likeness (QED) is 0.537. The number of benzene rings is 2. The van der Waals surface area contributed by atoms with Gasteiger partial charge >= 0.3 is 0 Å². The summed E-state index contributed by atoms with van der Waals surface area (Å²) in [6.07, 6.45) is 0.766. The normalized spacial score (nSPS) is 12.6. The molecule has 0 aromatic heterocycles. The molecule has 2 aromatic carbocycles. The van der Waals surface area contributed by atoms with Crippen molar-refractivity contribution in [1.82, 2.24) is 0 Å². The Kier molecular flexibility index (Phi) is 8.39. The summed E-state index contributed by atoms with van der Waals surface area (Å²) < 4.78 is 36.5. The lowest BCUT2D eigenvalue weighted by molar-refractivity contribution is 0.0536. The van der Waals surface area contributed by atoms with Crippen molar-refractivity contribution in [3.8, 4) is 11.5 Å². The van der Waals surface area contributed by atoms with Crippen molar-refractivity contribution in [3.63, 3.8) is 0 Å². The van der Waals surface area contributed by atoms with Crippen LogP contribution in [0.4, 0.5) is 0 Å². The maximum atomic E-state index is 12.9. The Morgan fingerprint density at radius 3 is 2.18 bits per heavy atom. The molecule has 0 bridgehead atoms. The first kappa shape index (κ1) is 22.8. The minimum absolute atomic E-state index is 0.0364. The van der Waals surface area contributed by atoms with Crippen LogP contribution in [-0.4, -0.2) is 44.6 Å². The van der Waals surface area contributed by atoms with Crippen molar-refractivity contribution < 1.29 is 28.1 Å². The molecule has 1 atom stereocenters. The van der Waals surface area contributed by atoms with Gasteiger partial charge in [0.05, 0.1) is 33.0 Å². The molecule has 154 valence electrons.